The highest BCUT2D eigenvalue weighted by Crippen LogP contribution is 2.06. The zero-order valence-corrected chi connectivity index (χ0v) is 12.0. The number of halogens is 1. The van der Waals surface area contributed by atoms with Crippen LogP contribution in [-0.4, -0.2) is 36.0 Å². The molecule has 0 aromatic carbocycles. The van der Waals surface area contributed by atoms with Crippen molar-refractivity contribution >= 4 is 29.4 Å². The van der Waals surface area contributed by atoms with E-state index in [0.717, 1.165) is 0 Å². The second-order valence-corrected chi connectivity index (χ2v) is 4.41. The van der Waals surface area contributed by atoms with Crippen molar-refractivity contribution in [3.8, 4) is 0 Å². The maximum absolute atomic E-state index is 11.9. The fraction of sp³-hybridized carbons (Fsp3) is 0.231. The number of carbonyl (C=O) groups excluding carboxylic acids is 2. The summed E-state index contributed by atoms with van der Waals surface area (Å²) < 4.78 is 4.85. The number of carbonyl (C=O) groups is 2. The third-order valence-corrected chi connectivity index (χ3v) is 2.77. The number of amides is 1. The van der Waals surface area contributed by atoms with E-state index in [2.05, 4.69) is 20.6 Å². The standard InChI is InChI=1S/C13H13ClN4O3/c1-2-21-12(20)9-6-16-13(17-7-9)18-11(19)8-3-4-10(14)15-5-8/h3-6H,2,7H2,1H3,(H2,16,17,18,19). The summed E-state index contributed by atoms with van der Waals surface area (Å²) >= 11 is 5.65. The summed E-state index contributed by atoms with van der Waals surface area (Å²) in [6, 6.07) is 3.07. The molecule has 0 saturated carbocycles. The Morgan fingerprint density at radius 1 is 1.48 bits per heavy atom. The van der Waals surface area contributed by atoms with Gasteiger partial charge in [-0.25, -0.2) is 14.8 Å². The number of hydrogen-bond acceptors (Lipinski definition) is 6. The average molecular weight is 309 g/mol. The van der Waals surface area contributed by atoms with Crippen LogP contribution in [0.4, 0.5) is 0 Å². The molecule has 1 aromatic heterocycles. The molecule has 0 bridgehead atoms. The van der Waals surface area contributed by atoms with Gasteiger partial charge in [-0.1, -0.05) is 11.6 Å². The molecule has 0 atom stereocenters. The van der Waals surface area contributed by atoms with Crippen LogP contribution in [0.2, 0.25) is 5.15 Å². The first-order chi connectivity index (χ1) is 10.1. The van der Waals surface area contributed by atoms with E-state index in [4.69, 9.17) is 16.3 Å². The van der Waals surface area contributed by atoms with E-state index in [0.29, 0.717) is 22.9 Å². The van der Waals surface area contributed by atoms with Crippen molar-refractivity contribution in [3.05, 3.63) is 40.8 Å². The number of aliphatic imine (C=N–C) groups is 1. The number of hydrogen-bond donors (Lipinski definition) is 2. The Labute approximate surface area is 126 Å². The minimum Gasteiger partial charge on any atom is -0.463 e. The molecule has 0 fully saturated rings. The Morgan fingerprint density at radius 2 is 2.29 bits per heavy atom. The molecule has 1 amide bonds. The van der Waals surface area contributed by atoms with Crippen LogP contribution in [0.3, 0.4) is 0 Å². The van der Waals surface area contributed by atoms with E-state index in [1.54, 1.807) is 13.0 Å². The highest BCUT2D eigenvalue weighted by molar-refractivity contribution is 6.29. The van der Waals surface area contributed by atoms with Gasteiger partial charge < -0.3 is 10.1 Å². The van der Waals surface area contributed by atoms with Crippen LogP contribution < -0.4 is 10.6 Å². The molecule has 2 rings (SSSR count). The van der Waals surface area contributed by atoms with E-state index >= 15 is 0 Å². The van der Waals surface area contributed by atoms with Crippen LogP contribution in [0, 0.1) is 0 Å². The summed E-state index contributed by atoms with van der Waals surface area (Å²) in [7, 11) is 0. The molecule has 2 N–H and O–H groups in total. The lowest BCUT2D eigenvalue weighted by Crippen LogP contribution is -2.41. The first-order valence-electron chi connectivity index (χ1n) is 6.20. The molecule has 7 nitrogen and oxygen atoms in total. The summed E-state index contributed by atoms with van der Waals surface area (Å²) in [4.78, 5) is 31.3. The van der Waals surface area contributed by atoms with Gasteiger partial charge in [-0.15, -0.1) is 0 Å². The Balaban J connectivity index is 1.92. The highest BCUT2D eigenvalue weighted by Gasteiger charge is 2.16. The molecule has 2 heterocycles. The predicted molar refractivity (Wildman–Crippen MR) is 76.9 cm³/mol. The lowest BCUT2D eigenvalue weighted by atomic mass is 10.2. The molecular formula is C13H13ClN4O3. The molecule has 21 heavy (non-hydrogen) atoms. The van der Waals surface area contributed by atoms with Crippen LogP contribution in [-0.2, 0) is 9.53 Å². The normalized spacial score (nSPS) is 13.6. The largest absolute Gasteiger partial charge is 0.463 e. The van der Waals surface area contributed by atoms with Crippen molar-refractivity contribution in [2.75, 3.05) is 13.2 Å². The van der Waals surface area contributed by atoms with E-state index in [-0.39, 0.29) is 18.4 Å². The number of rotatable bonds is 3. The van der Waals surface area contributed by atoms with Crippen LogP contribution in [0.5, 0.6) is 0 Å². The number of guanidine groups is 1. The summed E-state index contributed by atoms with van der Waals surface area (Å²) in [5.74, 6) is -0.553. The van der Waals surface area contributed by atoms with Crippen LogP contribution in [0.15, 0.2) is 35.1 Å². The predicted octanol–water partition coefficient (Wildman–Crippen LogP) is 0.871. The molecule has 1 aliphatic heterocycles. The van der Waals surface area contributed by atoms with Gasteiger partial charge in [0.25, 0.3) is 5.91 Å². The average Bonchev–Trinajstić information content (AvgIpc) is 2.49. The Hall–Kier alpha value is -2.41. The maximum Gasteiger partial charge on any atom is 0.337 e. The summed E-state index contributed by atoms with van der Waals surface area (Å²) in [6.45, 7) is 2.16. The van der Waals surface area contributed by atoms with Gasteiger partial charge in [0.05, 0.1) is 24.3 Å². The van der Waals surface area contributed by atoms with Crippen molar-refractivity contribution in [2.45, 2.75) is 6.92 Å². The van der Waals surface area contributed by atoms with Crippen molar-refractivity contribution in [2.24, 2.45) is 4.99 Å². The quantitative estimate of drug-likeness (QED) is 0.638. The fourth-order valence-corrected chi connectivity index (χ4v) is 1.64. The number of pyridine rings is 1. The van der Waals surface area contributed by atoms with E-state index in [9.17, 15) is 9.59 Å². The molecule has 110 valence electrons. The highest BCUT2D eigenvalue weighted by atomic mass is 35.5. The zero-order chi connectivity index (χ0) is 15.2. The summed E-state index contributed by atoms with van der Waals surface area (Å²) in [5.41, 5.74) is 0.743. The molecular weight excluding hydrogens is 296 g/mol. The number of aromatic nitrogens is 1. The lowest BCUT2D eigenvalue weighted by molar-refractivity contribution is -0.138. The summed E-state index contributed by atoms with van der Waals surface area (Å²) in [5, 5.41) is 5.60. The third-order valence-electron chi connectivity index (χ3n) is 2.55. The topological polar surface area (TPSA) is 92.7 Å². The molecule has 0 aliphatic carbocycles. The zero-order valence-electron chi connectivity index (χ0n) is 11.2. The first-order valence-corrected chi connectivity index (χ1v) is 6.58. The monoisotopic (exact) mass is 308 g/mol. The van der Waals surface area contributed by atoms with Gasteiger partial charge in [0.1, 0.15) is 5.15 Å². The first kappa shape index (κ1) is 15.0. The summed E-state index contributed by atoms with van der Waals surface area (Å²) in [6.07, 6.45) is 2.82. The maximum atomic E-state index is 11.9. The molecule has 1 aromatic rings. The van der Waals surface area contributed by atoms with Gasteiger partial charge in [0.2, 0.25) is 5.96 Å². The molecule has 1 aliphatic rings. The second-order valence-electron chi connectivity index (χ2n) is 4.02. The Morgan fingerprint density at radius 3 is 2.86 bits per heavy atom. The molecule has 0 spiro atoms. The Bertz CT molecular complexity index is 610. The van der Waals surface area contributed by atoms with Gasteiger partial charge >= 0.3 is 5.97 Å². The molecule has 0 radical (unpaired) electrons. The molecule has 0 saturated heterocycles. The van der Waals surface area contributed by atoms with Gasteiger partial charge in [-0.3, -0.25) is 10.1 Å². The number of esters is 1. The van der Waals surface area contributed by atoms with Crippen LogP contribution >= 0.6 is 11.6 Å². The van der Waals surface area contributed by atoms with Crippen molar-refractivity contribution in [1.82, 2.24) is 15.6 Å². The third kappa shape index (κ3) is 4.03. The fourth-order valence-electron chi connectivity index (χ4n) is 1.52. The number of nitrogens with zero attached hydrogens (tertiary/aromatic N) is 2. The van der Waals surface area contributed by atoms with Crippen molar-refractivity contribution in [3.63, 3.8) is 0 Å². The van der Waals surface area contributed by atoms with Crippen molar-refractivity contribution in [1.29, 1.82) is 0 Å². The number of nitrogens with one attached hydrogen (secondary N) is 2. The van der Waals surface area contributed by atoms with Gasteiger partial charge in [-0.2, -0.15) is 0 Å². The lowest BCUT2D eigenvalue weighted by Gasteiger charge is -2.14. The minimum atomic E-state index is -0.430. The Kier molecular flexibility index (Phi) is 4.89. The SMILES string of the molecule is CCOC(=O)C1=CNC(NC(=O)c2ccc(Cl)nc2)=NC1. The van der Waals surface area contributed by atoms with Crippen molar-refractivity contribution < 1.29 is 14.3 Å². The smallest absolute Gasteiger partial charge is 0.337 e. The number of ether oxygens (including phenoxy) is 1. The molecule has 8 heteroatoms. The van der Waals surface area contributed by atoms with E-state index in [1.807, 2.05) is 0 Å². The van der Waals surface area contributed by atoms with E-state index in [1.165, 1.54) is 18.5 Å². The minimum absolute atomic E-state index is 0.139. The second kappa shape index (κ2) is 6.85. The van der Waals surface area contributed by atoms with Gasteiger partial charge in [0, 0.05) is 12.4 Å². The molecule has 0 unspecified atom stereocenters. The van der Waals surface area contributed by atoms with Gasteiger partial charge in [0.15, 0.2) is 0 Å². The van der Waals surface area contributed by atoms with E-state index < -0.39 is 5.97 Å². The van der Waals surface area contributed by atoms with Gasteiger partial charge in [-0.05, 0) is 19.1 Å². The van der Waals surface area contributed by atoms with Crippen LogP contribution in [0.1, 0.15) is 17.3 Å². The van der Waals surface area contributed by atoms with Crippen LogP contribution in [0.25, 0.3) is 0 Å².